The molecule has 1 fully saturated rings. The van der Waals surface area contributed by atoms with E-state index in [9.17, 15) is 9.59 Å². The van der Waals surface area contributed by atoms with E-state index in [0.717, 1.165) is 23.8 Å². The summed E-state index contributed by atoms with van der Waals surface area (Å²) in [5.74, 6) is 0.705. The highest BCUT2D eigenvalue weighted by atomic mass is 16.5. The zero-order chi connectivity index (χ0) is 17.8. The lowest BCUT2D eigenvalue weighted by Crippen LogP contribution is -2.41. The molecular formula is C19H24N2O4. The lowest BCUT2D eigenvalue weighted by molar-refractivity contribution is -0.119. The van der Waals surface area contributed by atoms with E-state index in [1.54, 1.807) is 7.11 Å². The number of methoxy groups -OCH3 is 1. The van der Waals surface area contributed by atoms with Crippen molar-refractivity contribution >= 4 is 22.8 Å². The van der Waals surface area contributed by atoms with Crippen LogP contribution in [0.4, 0.5) is 0 Å². The average Bonchev–Trinajstić information content (AvgIpc) is 2.99. The number of benzene rings is 1. The molecule has 6 heteroatoms. The maximum Gasteiger partial charge on any atom is 0.289 e. The lowest BCUT2D eigenvalue weighted by atomic mass is 9.96. The van der Waals surface area contributed by atoms with Gasteiger partial charge in [-0.2, -0.15) is 0 Å². The molecule has 1 N–H and O–H groups in total. The summed E-state index contributed by atoms with van der Waals surface area (Å²) in [6, 6.07) is 7.64. The van der Waals surface area contributed by atoms with Gasteiger partial charge in [-0.25, -0.2) is 0 Å². The molecule has 1 aromatic heterocycles. The van der Waals surface area contributed by atoms with Crippen molar-refractivity contribution in [1.29, 1.82) is 0 Å². The molecule has 6 nitrogen and oxygen atoms in total. The Balaban J connectivity index is 1.72. The SMILES string of the molecule is COCc1c(C(=O)N2CCC(CNC(C)=O)CC2)oc2ccccc12. The van der Waals surface area contributed by atoms with Crippen molar-refractivity contribution < 1.29 is 18.7 Å². The third-order valence-electron chi connectivity index (χ3n) is 4.72. The Labute approximate surface area is 147 Å². The van der Waals surface area contributed by atoms with Crippen LogP contribution in [-0.4, -0.2) is 43.5 Å². The van der Waals surface area contributed by atoms with Gasteiger partial charge in [0, 0.05) is 44.6 Å². The summed E-state index contributed by atoms with van der Waals surface area (Å²) in [5.41, 5.74) is 1.52. The van der Waals surface area contributed by atoms with Crippen LogP contribution >= 0.6 is 0 Å². The summed E-state index contributed by atoms with van der Waals surface area (Å²) >= 11 is 0. The van der Waals surface area contributed by atoms with Gasteiger partial charge in [-0.15, -0.1) is 0 Å². The van der Waals surface area contributed by atoms with E-state index >= 15 is 0 Å². The molecule has 25 heavy (non-hydrogen) atoms. The van der Waals surface area contributed by atoms with Crippen molar-refractivity contribution in [2.75, 3.05) is 26.7 Å². The third kappa shape index (κ3) is 3.85. The molecule has 0 saturated carbocycles. The normalized spacial score (nSPS) is 15.5. The van der Waals surface area contributed by atoms with Gasteiger partial charge in [-0.05, 0) is 24.8 Å². The van der Waals surface area contributed by atoms with Crippen molar-refractivity contribution in [3.8, 4) is 0 Å². The summed E-state index contributed by atoms with van der Waals surface area (Å²) in [4.78, 5) is 25.8. The summed E-state index contributed by atoms with van der Waals surface area (Å²) < 4.78 is 11.1. The first-order chi connectivity index (χ1) is 12.1. The molecule has 0 aliphatic carbocycles. The first-order valence-corrected chi connectivity index (χ1v) is 8.63. The van der Waals surface area contributed by atoms with Crippen LogP contribution in [0.25, 0.3) is 11.0 Å². The zero-order valence-corrected chi connectivity index (χ0v) is 14.7. The molecule has 1 saturated heterocycles. The fourth-order valence-corrected chi connectivity index (χ4v) is 3.33. The lowest BCUT2D eigenvalue weighted by Gasteiger charge is -2.31. The van der Waals surface area contributed by atoms with Crippen molar-refractivity contribution in [3.63, 3.8) is 0 Å². The molecule has 1 aromatic carbocycles. The summed E-state index contributed by atoms with van der Waals surface area (Å²) in [5, 5.41) is 3.78. The average molecular weight is 344 g/mol. The molecule has 0 radical (unpaired) electrons. The van der Waals surface area contributed by atoms with Crippen LogP contribution in [0.3, 0.4) is 0 Å². The van der Waals surface area contributed by atoms with Gasteiger partial charge in [-0.3, -0.25) is 9.59 Å². The number of nitrogens with zero attached hydrogens (tertiary/aromatic N) is 1. The number of piperidine rings is 1. The molecule has 134 valence electrons. The fourth-order valence-electron chi connectivity index (χ4n) is 3.33. The number of carbonyl (C=O) groups is 2. The number of amides is 2. The van der Waals surface area contributed by atoms with E-state index in [1.165, 1.54) is 6.92 Å². The number of rotatable bonds is 5. The molecule has 0 unspecified atom stereocenters. The number of ether oxygens (including phenoxy) is 1. The Hall–Kier alpha value is -2.34. The van der Waals surface area contributed by atoms with Gasteiger partial charge in [0.25, 0.3) is 5.91 Å². The largest absolute Gasteiger partial charge is 0.451 e. The Morgan fingerprint density at radius 1 is 1.28 bits per heavy atom. The molecule has 0 bridgehead atoms. The van der Waals surface area contributed by atoms with E-state index in [0.29, 0.717) is 43.5 Å². The number of hydrogen-bond donors (Lipinski definition) is 1. The second kappa shape index (κ2) is 7.70. The smallest absolute Gasteiger partial charge is 0.289 e. The topological polar surface area (TPSA) is 71.8 Å². The highest BCUT2D eigenvalue weighted by molar-refractivity contribution is 5.99. The second-order valence-electron chi connectivity index (χ2n) is 6.51. The van der Waals surface area contributed by atoms with Gasteiger partial charge in [0.05, 0.1) is 6.61 Å². The van der Waals surface area contributed by atoms with Crippen molar-refractivity contribution in [1.82, 2.24) is 10.2 Å². The molecule has 2 heterocycles. The second-order valence-corrected chi connectivity index (χ2v) is 6.51. The van der Waals surface area contributed by atoms with Crippen LogP contribution in [0, 0.1) is 5.92 Å². The molecule has 1 aliphatic rings. The number of para-hydroxylation sites is 1. The van der Waals surface area contributed by atoms with E-state index in [1.807, 2.05) is 29.2 Å². The Morgan fingerprint density at radius 3 is 2.68 bits per heavy atom. The van der Waals surface area contributed by atoms with Gasteiger partial charge in [0.2, 0.25) is 5.91 Å². The minimum atomic E-state index is -0.0822. The highest BCUT2D eigenvalue weighted by Crippen LogP contribution is 2.28. The number of carbonyl (C=O) groups excluding carboxylic acids is 2. The summed E-state index contributed by atoms with van der Waals surface area (Å²) in [6.45, 7) is 3.89. The number of fused-ring (bicyclic) bond motifs is 1. The minimum Gasteiger partial charge on any atom is -0.451 e. The van der Waals surface area contributed by atoms with Crippen LogP contribution in [0.5, 0.6) is 0 Å². The molecule has 0 spiro atoms. The highest BCUT2D eigenvalue weighted by Gasteiger charge is 2.28. The first-order valence-electron chi connectivity index (χ1n) is 8.63. The summed E-state index contributed by atoms with van der Waals surface area (Å²) in [7, 11) is 1.61. The van der Waals surface area contributed by atoms with E-state index in [4.69, 9.17) is 9.15 Å². The molecule has 3 rings (SSSR count). The number of nitrogens with one attached hydrogen (secondary N) is 1. The van der Waals surface area contributed by atoms with Gasteiger partial charge in [0.15, 0.2) is 5.76 Å². The first kappa shape index (κ1) is 17.5. The fraction of sp³-hybridized carbons (Fsp3) is 0.474. The quantitative estimate of drug-likeness (QED) is 0.905. The van der Waals surface area contributed by atoms with Crippen LogP contribution in [0.1, 0.15) is 35.9 Å². The summed E-state index contributed by atoms with van der Waals surface area (Å²) in [6.07, 6.45) is 1.76. The van der Waals surface area contributed by atoms with Gasteiger partial charge < -0.3 is 19.4 Å². The van der Waals surface area contributed by atoms with Crippen molar-refractivity contribution in [2.24, 2.45) is 5.92 Å². The number of furan rings is 1. The van der Waals surface area contributed by atoms with Crippen LogP contribution in [-0.2, 0) is 16.1 Å². The molecule has 2 amide bonds. The Kier molecular flexibility index (Phi) is 5.38. The number of likely N-dealkylation sites (tertiary alicyclic amines) is 1. The van der Waals surface area contributed by atoms with Gasteiger partial charge >= 0.3 is 0 Å². The van der Waals surface area contributed by atoms with Crippen molar-refractivity contribution in [2.45, 2.75) is 26.4 Å². The van der Waals surface area contributed by atoms with Gasteiger partial charge in [-0.1, -0.05) is 18.2 Å². The predicted molar refractivity (Wildman–Crippen MR) is 94.2 cm³/mol. The standard InChI is InChI=1S/C19H24N2O4/c1-13(22)20-11-14-7-9-21(10-8-14)19(23)18-16(12-24-2)15-5-3-4-6-17(15)25-18/h3-6,14H,7-12H2,1-2H3,(H,20,22). The van der Waals surface area contributed by atoms with E-state index in [-0.39, 0.29) is 11.8 Å². The molecular weight excluding hydrogens is 320 g/mol. The zero-order valence-electron chi connectivity index (χ0n) is 14.7. The number of hydrogen-bond acceptors (Lipinski definition) is 4. The van der Waals surface area contributed by atoms with Gasteiger partial charge in [0.1, 0.15) is 5.58 Å². The van der Waals surface area contributed by atoms with Crippen LogP contribution in [0.15, 0.2) is 28.7 Å². The monoisotopic (exact) mass is 344 g/mol. The maximum absolute atomic E-state index is 12.9. The maximum atomic E-state index is 12.9. The van der Waals surface area contributed by atoms with Crippen LogP contribution < -0.4 is 5.32 Å². The third-order valence-corrected chi connectivity index (χ3v) is 4.72. The minimum absolute atomic E-state index is 0.00927. The van der Waals surface area contributed by atoms with E-state index in [2.05, 4.69) is 5.32 Å². The Bertz CT molecular complexity index is 760. The molecule has 2 aromatic rings. The molecule has 1 aliphatic heterocycles. The van der Waals surface area contributed by atoms with Crippen molar-refractivity contribution in [3.05, 3.63) is 35.6 Å². The molecule has 0 atom stereocenters. The van der Waals surface area contributed by atoms with Crippen LogP contribution in [0.2, 0.25) is 0 Å². The Morgan fingerprint density at radius 2 is 2.00 bits per heavy atom. The van der Waals surface area contributed by atoms with E-state index < -0.39 is 0 Å². The predicted octanol–water partition coefficient (Wildman–Crippen LogP) is 2.57.